The van der Waals surface area contributed by atoms with Gasteiger partial charge in [-0.25, -0.2) is 0 Å². The van der Waals surface area contributed by atoms with Gasteiger partial charge in [0.05, 0.1) is 6.10 Å². The van der Waals surface area contributed by atoms with Crippen molar-refractivity contribution in [3.8, 4) is 0 Å². The van der Waals surface area contributed by atoms with Crippen molar-refractivity contribution in [1.82, 2.24) is 4.90 Å². The van der Waals surface area contributed by atoms with E-state index in [0.29, 0.717) is 18.5 Å². The van der Waals surface area contributed by atoms with Gasteiger partial charge in [0, 0.05) is 24.9 Å². The van der Waals surface area contributed by atoms with Gasteiger partial charge in [-0.05, 0) is 36.8 Å². The molecule has 1 amide bonds. The molecule has 106 valence electrons. The Balaban J connectivity index is 2.56. The summed E-state index contributed by atoms with van der Waals surface area (Å²) in [6.07, 6.45) is 0.233. The zero-order valence-corrected chi connectivity index (χ0v) is 12.7. The zero-order chi connectivity index (χ0) is 14.3. The van der Waals surface area contributed by atoms with E-state index in [9.17, 15) is 9.90 Å². The van der Waals surface area contributed by atoms with Gasteiger partial charge in [-0.15, -0.1) is 0 Å². The lowest BCUT2D eigenvalue weighted by Crippen LogP contribution is -2.29. The van der Waals surface area contributed by atoms with E-state index >= 15 is 0 Å². The Morgan fingerprint density at radius 1 is 1.37 bits per heavy atom. The van der Waals surface area contributed by atoms with Crippen molar-refractivity contribution >= 4 is 17.7 Å². The first-order valence-corrected chi connectivity index (χ1v) is 7.80. The maximum absolute atomic E-state index is 12.1. The van der Waals surface area contributed by atoms with E-state index in [2.05, 4.69) is 6.92 Å². The SMILES string of the molecule is CCSCc1ccc(C(=O)N(C)CCC(C)O)cc1. The standard InChI is InChI=1S/C15H23NO2S/c1-4-19-11-13-5-7-14(8-6-13)15(18)16(3)10-9-12(2)17/h5-8,12,17H,4,9-11H2,1-3H3. The van der Waals surface area contributed by atoms with Gasteiger partial charge < -0.3 is 10.0 Å². The fourth-order valence-corrected chi connectivity index (χ4v) is 2.30. The summed E-state index contributed by atoms with van der Waals surface area (Å²) in [5, 5.41) is 9.23. The Morgan fingerprint density at radius 3 is 2.53 bits per heavy atom. The van der Waals surface area contributed by atoms with Gasteiger partial charge in [0.15, 0.2) is 0 Å². The molecule has 0 aromatic heterocycles. The van der Waals surface area contributed by atoms with Gasteiger partial charge in [-0.3, -0.25) is 4.79 Å². The fraction of sp³-hybridized carbons (Fsp3) is 0.533. The monoisotopic (exact) mass is 281 g/mol. The number of hydrogen-bond donors (Lipinski definition) is 1. The summed E-state index contributed by atoms with van der Waals surface area (Å²) >= 11 is 1.87. The predicted molar refractivity (Wildman–Crippen MR) is 81.5 cm³/mol. The molecule has 1 rings (SSSR count). The number of carbonyl (C=O) groups excluding carboxylic acids is 1. The average molecular weight is 281 g/mol. The van der Waals surface area contributed by atoms with E-state index in [4.69, 9.17) is 0 Å². The third-order valence-electron chi connectivity index (χ3n) is 2.90. The second-order valence-corrected chi connectivity index (χ2v) is 5.97. The topological polar surface area (TPSA) is 40.5 Å². The normalized spacial score (nSPS) is 12.2. The Labute approximate surface area is 120 Å². The molecule has 0 radical (unpaired) electrons. The Bertz CT molecular complexity index is 390. The number of rotatable bonds is 7. The quantitative estimate of drug-likeness (QED) is 0.835. The highest BCUT2D eigenvalue weighted by Crippen LogP contribution is 2.13. The number of amides is 1. The van der Waals surface area contributed by atoms with E-state index in [1.54, 1.807) is 18.9 Å². The first-order chi connectivity index (χ1) is 9.04. The van der Waals surface area contributed by atoms with Gasteiger partial charge in [0.1, 0.15) is 0 Å². The molecule has 0 spiro atoms. The second kappa shape index (κ2) is 8.23. The minimum absolute atomic E-state index is 0.00958. The molecular formula is C15H23NO2S. The maximum Gasteiger partial charge on any atom is 0.253 e. The second-order valence-electron chi connectivity index (χ2n) is 4.70. The molecule has 0 saturated carbocycles. The number of carbonyl (C=O) groups is 1. The van der Waals surface area contributed by atoms with E-state index in [0.717, 1.165) is 11.5 Å². The van der Waals surface area contributed by atoms with Crippen molar-refractivity contribution in [3.05, 3.63) is 35.4 Å². The summed E-state index contributed by atoms with van der Waals surface area (Å²) in [5.41, 5.74) is 1.95. The van der Waals surface area contributed by atoms with Crippen molar-refractivity contribution in [2.24, 2.45) is 0 Å². The third kappa shape index (κ3) is 5.66. The van der Waals surface area contributed by atoms with Crippen LogP contribution in [0.5, 0.6) is 0 Å². The number of nitrogens with zero attached hydrogens (tertiary/aromatic N) is 1. The highest BCUT2D eigenvalue weighted by molar-refractivity contribution is 7.98. The van der Waals surface area contributed by atoms with Gasteiger partial charge in [-0.1, -0.05) is 19.1 Å². The van der Waals surface area contributed by atoms with E-state index in [1.165, 1.54) is 5.56 Å². The molecule has 1 aromatic carbocycles. The summed E-state index contributed by atoms with van der Waals surface area (Å²) in [6.45, 7) is 4.45. The Hall–Kier alpha value is -1.00. The van der Waals surface area contributed by atoms with Crippen molar-refractivity contribution < 1.29 is 9.90 Å². The lowest BCUT2D eigenvalue weighted by Gasteiger charge is -2.18. The van der Waals surface area contributed by atoms with Gasteiger partial charge >= 0.3 is 0 Å². The molecule has 0 fully saturated rings. The molecule has 1 unspecified atom stereocenters. The van der Waals surface area contributed by atoms with Crippen LogP contribution in [0, 0.1) is 0 Å². The van der Waals surface area contributed by atoms with Crippen LogP contribution in [0.3, 0.4) is 0 Å². The molecular weight excluding hydrogens is 258 g/mol. The highest BCUT2D eigenvalue weighted by atomic mass is 32.2. The maximum atomic E-state index is 12.1. The lowest BCUT2D eigenvalue weighted by molar-refractivity contribution is 0.0769. The average Bonchev–Trinajstić information content (AvgIpc) is 2.42. The third-order valence-corrected chi connectivity index (χ3v) is 3.85. The molecule has 0 aliphatic heterocycles. The van der Waals surface area contributed by atoms with Crippen molar-refractivity contribution in [3.63, 3.8) is 0 Å². The summed E-state index contributed by atoms with van der Waals surface area (Å²) in [5.74, 6) is 2.10. The van der Waals surface area contributed by atoms with Crippen molar-refractivity contribution in [2.75, 3.05) is 19.3 Å². The van der Waals surface area contributed by atoms with Crippen molar-refractivity contribution in [1.29, 1.82) is 0 Å². The number of benzene rings is 1. The first-order valence-electron chi connectivity index (χ1n) is 6.64. The molecule has 0 saturated heterocycles. The van der Waals surface area contributed by atoms with Crippen LogP contribution in [0.25, 0.3) is 0 Å². The molecule has 1 atom stereocenters. The summed E-state index contributed by atoms with van der Waals surface area (Å²) < 4.78 is 0. The summed E-state index contributed by atoms with van der Waals surface area (Å²) in [4.78, 5) is 13.8. The molecule has 3 nitrogen and oxygen atoms in total. The van der Waals surface area contributed by atoms with Crippen LogP contribution in [0.1, 0.15) is 36.2 Å². The van der Waals surface area contributed by atoms with Gasteiger partial charge in [-0.2, -0.15) is 11.8 Å². The lowest BCUT2D eigenvalue weighted by atomic mass is 10.1. The Kier molecular flexibility index (Phi) is 6.95. The molecule has 0 aliphatic rings. The van der Waals surface area contributed by atoms with Gasteiger partial charge in [0.2, 0.25) is 0 Å². The molecule has 1 N–H and O–H groups in total. The first kappa shape index (κ1) is 16.1. The number of thioether (sulfide) groups is 1. The molecule has 19 heavy (non-hydrogen) atoms. The summed E-state index contributed by atoms with van der Waals surface area (Å²) in [6, 6.07) is 7.79. The zero-order valence-electron chi connectivity index (χ0n) is 11.9. The van der Waals surface area contributed by atoms with Crippen LogP contribution >= 0.6 is 11.8 Å². The molecule has 1 aromatic rings. The van der Waals surface area contributed by atoms with E-state index < -0.39 is 0 Å². The van der Waals surface area contributed by atoms with E-state index in [-0.39, 0.29) is 12.0 Å². The van der Waals surface area contributed by atoms with Crippen LogP contribution in [0.15, 0.2) is 24.3 Å². The smallest absolute Gasteiger partial charge is 0.253 e. The number of hydrogen-bond acceptors (Lipinski definition) is 3. The highest BCUT2D eigenvalue weighted by Gasteiger charge is 2.11. The van der Waals surface area contributed by atoms with Crippen molar-refractivity contribution in [2.45, 2.75) is 32.1 Å². The minimum Gasteiger partial charge on any atom is -0.393 e. The number of aliphatic hydroxyl groups excluding tert-OH is 1. The van der Waals surface area contributed by atoms with Crippen LogP contribution in [-0.4, -0.2) is 41.4 Å². The van der Waals surface area contributed by atoms with Crippen LogP contribution in [0.4, 0.5) is 0 Å². The fourth-order valence-electron chi connectivity index (χ4n) is 1.67. The largest absolute Gasteiger partial charge is 0.393 e. The molecule has 4 heteroatoms. The number of aliphatic hydroxyl groups is 1. The molecule has 0 bridgehead atoms. The Morgan fingerprint density at radius 2 is 2.00 bits per heavy atom. The van der Waals surface area contributed by atoms with E-state index in [1.807, 2.05) is 36.0 Å². The van der Waals surface area contributed by atoms with Crippen LogP contribution in [0.2, 0.25) is 0 Å². The minimum atomic E-state index is -0.372. The van der Waals surface area contributed by atoms with Crippen LogP contribution < -0.4 is 0 Å². The molecule has 0 heterocycles. The van der Waals surface area contributed by atoms with Gasteiger partial charge in [0.25, 0.3) is 5.91 Å². The summed E-state index contributed by atoms with van der Waals surface area (Å²) in [7, 11) is 1.77. The predicted octanol–water partition coefficient (Wildman–Crippen LogP) is 2.78. The molecule has 0 aliphatic carbocycles. The van der Waals surface area contributed by atoms with Crippen LogP contribution in [-0.2, 0) is 5.75 Å².